The summed E-state index contributed by atoms with van der Waals surface area (Å²) in [7, 11) is 4.73. The van der Waals surface area contributed by atoms with Crippen molar-refractivity contribution in [3.63, 3.8) is 0 Å². The average molecular weight is 556 g/mol. The molecule has 0 aromatic heterocycles. The molecule has 1 unspecified atom stereocenters. The summed E-state index contributed by atoms with van der Waals surface area (Å²) in [5.74, 6) is -6.16. The molecule has 11 nitrogen and oxygen atoms in total. The molecule has 1 aliphatic heterocycles. The molecule has 1 fully saturated rings. The number of methoxy groups -OCH3 is 1. The van der Waals surface area contributed by atoms with Gasteiger partial charge in [-0.1, -0.05) is 6.92 Å². The maximum absolute atomic E-state index is 13.9. The van der Waals surface area contributed by atoms with Gasteiger partial charge in [0.05, 0.1) is 18.7 Å². The Labute approximate surface area is 232 Å². The number of carbonyl (C=O) groups is 3. The van der Waals surface area contributed by atoms with Gasteiger partial charge < -0.3 is 30.9 Å². The zero-order valence-corrected chi connectivity index (χ0v) is 23.2. The summed E-state index contributed by atoms with van der Waals surface area (Å²) in [4.78, 5) is 43.4. The molecule has 11 heteroatoms. The fourth-order valence-corrected chi connectivity index (χ4v) is 7.55. The molecular weight excluding hydrogens is 518 g/mol. The highest BCUT2D eigenvalue weighted by Gasteiger charge is 2.63. The molecule has 1 aromatic carbocycles. The third-order valence-corrected chi connectivity index (χ3v) is 9.14. The van der Waals surface area contributed by atoms with Gasteiger partial charge in [0.25, 0.3) is 5.91 Å². The molecule has 6 N–H and O–H groups in total. The van der Waals surface area contributed by atoms with Crippen LogP contribution in [0, 0.1) is 11.8 Å². The van der Waals surface area contributed by atoms with Crippen molar-refractivity contribution >= 4 is 17.5 Å². The number of nitrogens with zero attached hydrogens (tertiary/aromatic N) is 2. The molecule has 0 bridgehead atoms. The van der Waals surface area contributed by atoms with Gasteiger partial charge in [-0.25, -0.2) is 0 Å². The number of nitrogens with two attached hydrogens (primary N) is 1. The fourth-order valence-electron chi connectivity index (χ4n) is 7.55. The lowest BCUT2D eigenvalue weighted by Crippen LogP contribution is -2.63. The van der Waals surface area contributed by atoms with Crippen molar-refractivity contribution in [3.8, 4) is 11.5 Å². The Bertz CT molecular complexity index is 1370. The number of fused-ring (bicyclic) bond motifs is 3. The number of primary amides is 1. The highest BCUT2D eigenvalue weighted by Crippen LogP contribution is 2.54. The third-order valence-electron chi connectivity index (χ3n) is 9.14. The molecule has 0 saturated carbocycles. The second-order valence-corrected chi connectivity index (χ2v) is 11.5. The number of likely N-dealkylation sites (N-methyl/N-ethyl adjacent to an activating group) is 1. The number of hydrogen-bond donors (Lipinski definition) is 5. The summed E-state index contributed by atoms with van der Waals surface area (Å²) in [5.41, 5.74) is 2.99. The van der Waals surface area contributed by atoms with Crippen LogP contribution >= 0.6 is 0 Å². The summed E-state index contributed by atoms with van der Waals surface area (Å²) in [6, 6.07) is 0.534. The minimum atomic E-state index is -2.66. The van der Waals surface area contributed by atoms with Crippen molar-refractivity contribution in [3.05, 3.63) is 45.4 Å². The van der Waals surface area contributed by atoms with E-state index in [9.17, 15) is 34.8 Å². The largest absolute Gasteiger partial charge is 0.510 e. The van der Waals surface area contributed by atoms with Crippen molar-refractivity contribution < 1.29 is 39.5 Å². The predicted octanol–water partition coefficient (Wildman–Crippen LogP) is 1.68. The number of allylic oxidation sites excluding steroid dienone is 1. The number of aromatic hydroxyl groups is 1. The maximum Gasteiger partial charge on any atom is 0.255 e. The van der Waals surface area contributed by atoms with Gasteiger partial charge in [-0.05, 0) is 71.3 Å². The first-order valence-corrected chi connectivity index (χ1v) is 13.7. The van der Waals surface area contributed by atoms with Crippen LogP contribution in [-0.4, -0.2) is 93.6 Å². The SMILES string of the molecule is CCCN1CCCC1c1cc(O)c2c(c1OC)C[C@H]1C[C@H]3[C@H](N(C)C)C(O)=C(C(N)=O)C(=O)[C@@]3(O)C(O)=C1C2=O. The number of amides is 1. The quantitative estimate of drug-likeness (QED) is 0.325. The molecule has 5 atom stereocenters. The van der Waals surface area contributed by atoms with Crippen LogP contribution in [0.2, 0.25) is 0 Å². The van der Waals surface area contributed by atoms with Gasteiger partial charge in [-0.3, -0.25) is 24.2 Å². The van der Waals surface area contributed by atoms with Crippen LogP contribution < -0.4 is 10.5 Å². The first-order chi connectivity index (χ1) is 18.9. The summed E-state index contributed by atoms with van der Waals surface area (Å²) in [5, 5.41) is 45.3. The van der Waals surface area contributed by atoms with Gasteiger partial charge in [0.1, 0.15) is 28.6 Å². The minimum Gasteiger partial charge on any atom is -0.510 e. The van der Waals surface area contributed by atoms with Crippen molar-refractivity contribution in [2.75, 3.05) is 34.3 Å². The summed E-state index contributed by atoms with van der Waals surface area (Å²) < 4.78 is 5.87. The van der Waals surface area contributed by atoms with Gasteiger partial charge in [-0.15, -0.1) is 0 Å². The number of benzene rings is 1. The number of rotatable bonds is 6. The first-order valence-electron chi connectivity index (χ1n) is 13.7. The highest BCUT2D eigenvalue weighted by atomic mass is 16.5. The lowest BCUT2D eigenvalue weighted by molar-refractivity contribution is -0.148. The van der Waals surface area contributed by atoms with Gasteiger partial charge in [0, 0.05) is 28.7 Å². The fraction of sp³-hybridized carbons (Fsp3) is 0.552. The Hall–Kier alpha value is -3.41. The highest BCUT2D eigenvalue weighted by molar-refractivity contribution is 6.24. The smallest absolute Gasteiger partial charge is 0.255 e. The van der Waals surface area contributed by atoms with E-state index in [0.29, 0.717) is 11.3 Å². The molecule has 1 aromatic rings. The first kappa shape index (κ1) is 28.1. The number of phenols is 1. The third kappa shape index (κ3) is 3.78. The standard InChI is InChI=1S/C29H37N3O8/c1-5-8-32-9-6-7-17(32)14-12-18(33)20-15(25(14)40-4)10-13-11-16-22(31(2)3)24(35)21(28(30)38)27(37)29(16,39)26(36)19(13)23(20)34/h12-13,16-17,22,33,35-36,39H,5-11H2,1-4H3,(H2,30,38)/t13-,16-,17?,22-,29-/m0/s1. The number of carbonyl (C=O) groups excluding carboxylic acids is 3. The van der Waals surface area contributed by atoms with E-state index in [-0.39, 0.29) is 35.8 Å². The zero-order chi connectivity index (χ0) is 29.3. The van der Waals surface area contributed by atoms with E-state index in [1.165, 1.54) is 12.0 Å². The molecule has 1 heterocycles. The second-order valence-electron chi connectivity index (χ2n) is 11.5. The Kier molecular flexibility index (Phi) is 6.96. The number of ketones is 2. The summed E-state index contributed by atoms with van der Waals surface area (Å²) in [6.07, 6.45) is 3.08. The molecule has 3 aliphatic carbocycles. The Morgan fingerprint density at radius 2 is 1.95 bits per heavy atom. The van der Waals surface area contributed by atoms with Crippen molar-refractivity contribution in [1.29, 1.82) is 0 Å². The van der Waals surface area contributed by atoms with E-state index < -0.39 is 58.0 Å². The Morgan fingerprint density at radius 3 is 2.55 bits per heavy atom. The van der Waals surface area contributed by atoms with Crippen LogP contribution in [0.25, 0.3) is 0 Å². The van der Waals surface area contributed by atoms with Crippen molar-refractivity contribution in [1.82, 2.24) is 9.80 Å². The van der Waals surface area contributed by atoms with Crippen LogP contribution in [-0.2, 0) is 16.0 Å². The predicted molar refractivity (Wildman–Crippen MR) is 144 cm³/mol. The zero-order valence-electron chi connectivity index (χ0n) is 23.2. The van der Waals surface area contributed by atoms with Crippen LogP contribution in [0.5, 0.6) is 11.5 Å². The number of phenolic OH excluding ortho intramolecular Hbond substituents is 1. The Morgan fingerprint density at radius 1 is 1.25 bits per heavy atom. The summed E-state index contributed by atoms with van der Waals surface area (Å²) in [6.45, 7) is 3.92. The van der Waals surface area contributed by atoms with Gasteiger partial charge in [0.15, 0.2) is 11.4 Å². The molecular formula is C29H37N3O8. The van der Waals surface area contributed by atoms with E-state index in [0.717, 1.165) is 37.9 Å². The molecule has 0 spiro atoms. The van der Waals surface area contributed by atoms with Gasteiger partial charge in [0.2, 0.25) is 5.78 Å². The van der Waals surface area contributed by atoms with Crippen LogP contribution in [0.3, 0.4) is 0 Å². The van der Waals surface area contributed by atoms with Crippen LogP contribution in [0.15, 0.2) is 28.7 Å². The van der Waals surface area contributed by atoms with Crippen molar-refractivity contribution in [2.45, 2.75) is 56.7 Å². The van der Waals surface area contributed by atoms with Gasteiger partial charge in [-0.2, -0.15) is 0 Å². The number of Topliss-reactive ketones (excluding diaryl/α,β-unsaturated/α-hetero) is 2. The lowest BCUT2D eigenvalue weighted by atomic mass is 9.58. The molecule has 4 aliphatic rings. The minimum absolute atomic E-state index is 0.0198. The van der Waals surface area contributed by atoms with Crippen molar-refractivity contribution in [2.24, 2.45) is 17.6 Å². The van der Waals surface area contributed by atoms with E-state index in [1.807, 2.05) is 0 Å². The topological polar surface area (TPSA) is 174 Å². The molecule has 5 rings (SSSR count). The number of aliphatic hydroxyl groups excluding tert-OH is 2. The number of ether oxygens (including phenoxy) is 1. The number of aliphatic hydroxyl groups is 3. The van der Waals surface area contributed by atoms with E-state index in [1.54, 1.807) is 20.2 Å². The van der Waals surface area contributed by atoms with Crippen LogP contribution in [0.4, 0.5) is 0 Å². The average Bonchev–Trinajstić information content (AvgIpc) is 3.34. The molecule has 216 valence electrons. The normalized spacial score (nSPS) is 30.4. The Balaban J connectivity index is 1.68. The molecule has 0 radical (unpaired) electrons. The van der Waals surface area contributed by atoms with E-state index >= 15 is 0 Å². The van der Waals surface area contributed by atoms with Gasteiger partial charge >= 0.3 is 0 Å². The number of hydrogen-bond acceptors (Lipinski definition) is 10. The van der Waals surface area contributed by atoms with E-state index in [2.05, 4.69) is 11.8 Å². The molecule has 1 amide bonds. The number of likely N-dealkylation sites (tertiary alicyclic amines) is 1. The summed E-state index contributed by atoms with van der Waals surface area (Å²) >= 11 is 0. The lowest BCUT2D eigenvalue weighted by Gasteiger charge is -2.50. The molecule has 40 heavy (non-hydrogen) atoms. The molecule has 1 saturated heterocycles. The van der Waals surface area contributed by atoms with E-state index in [4.69, 9.17) is 10.5 Å². The monoisotopic (exact) mass is 555 g/mol. The van der Waals surface area contributed by atoms with Crippen LogP contribution in [0.1, 0.15) is 60.1 Å². The maximum atomic E-state index is 13.9. The second kappa shape index (κ2) is 9.90.